The standard InChI is InChI=1S/C10H11BrF3N3O4/c1-21-7(19)4-17-9(20)8(11)5(2-16-17)15-3-6(18)10(12,13)14/h2,6,15,18H,3-4H2,1H3. The summed E-state index contributed by atoms with van der Waals surface area (Å²) in [5, 5.41) is 14.7. The van der Waals surface area contributed by atoms with Crippen molar-refractivity contribution in [3.63, 3.8) is 0 Å². The molecule has 0 aromatic carbocycles. The minimum Gasteiger partial charge on any atom is -0.468 e. The van der Waals surface area contributed by atoms with E-state index in [0.717, 1.165) is 18.0 Å². The Hall–Kier alpha value is -1.62. The Morgan fingerprint density at radius 2 is 2.24 bits per heavy atom. The van der Waals surface area contributed by atoms with Crippen molar-refractivity contribution < 1.29 is 27.8 Å². The molecular formula is C10H11BrF3N3O4. The number of hydrogen-bond acceptors (Lipinski definition) is 6. The number of anilines is 1. The van der Waals surface area contributed by atoms with E-state index in [-0.39, 0.29) is 10.2 Å². The lowest BCUT2D eigenvalue weighted by molar-refractivity contribution is -0.198. The maximum Gasteiger partial charge on any atom is 0.416 e. The molecule has 1 aromatic rings. The number of esters is 1. The number of ether oxygens (including phenoxy) is 1. The molecule has 118 valence electrons. The number of hydrogen-bond donors (Lipinski definition) is 2. The molecular weight excluding hydrogens is 363 g/mol. The van der Waals surface area contributed by atoms with Crippen LogP contribution in [0.25, 0.3) is 0 Å². The van der Waals surface area contributed by atoms with E-state index in [9.17, 15) is 22.8 Å². The summed E-state index contributed by atoms with van der Waals surface area (Å²) in [5.41, 5.74) is -0.767. The summed E-state index contributed by atoms with van der Waals surface area (Å²) in [4.78, 5) is 22.8. The fourth-order valence-electron chi connectivity index (χ4n) is 1.21. The van der Waals surface area contributed by atoms with Crippen LogP contribution in [0.15, 0.2) is 15.5 Å². The number of carbonyl (C=O) groups is 1. The molecule has 1 atom stereocenters. The van der Waals surface area contributed by atoms with Crippen LogP contribution in [0.1, 0.15) is 0 Å². The van der Waals surface area contributed by atoms with E-state index in [1.54, 1.807) is 0 Å². The van der Waals surface area contributed by atoms with E-state index in [1.807, 2.05) is 0 Å². The van der Waals surface area contributed by atoms with Gasteiger partial charge in [-0.1, -0.05) is 0 Å². The van der Waals surface area contributed by atoms with Gasteiger partial charge in [-0.05, 0) is 15.9 Å². The molecule has 0 amide bonds. The van der Waals surface area contributed by atoms with Gasteiger partial charge in [0.1, 0.15) is 11.0 Å². The fraction of sp³-hybridized carbons (Fsp3) is 0.500. The summed E-state index contributed by atoms with van der Waals surface area (Å²) in [6.45, 7) is -1.27. The van der Waals surface area contributed by atoms with Crippen LogP contribution in [0.4, 0.5) is 18.9 Å². The number of carbonyl (C=O) groups excluding carboxylic acids is 1. The second-order valence-corrected chi connectivity index (χ2v) is 4.64. The number of nitrogens with one attached hydrogen (secondary N) is 1. The monoisotopic (exact) mass is 373 g/mol. The molecule has 2 N–H and O–H groups in total. The minimum atomic E-state index is -4.77. The third-order valence-corrected chi connectivity index (χ3v) is 3.12. The van der Waals surface area contributed by atoms with Gasteiger partial charge < -0.3 is 15.2 Å². The highest BCUT2D eigenvalue weighted by molar-refractivity contribution is 9.10. The summed E-state index contributed by atoms with van der Waals surface area (Å²) in [6, 6.07) is 0. The van der Waals surface area contributed by atoms with Crippen LogP contribution in [0.3, 0.4) is 0 Å². The third-order valence-electron chi connectivity index (χ3n) is 2.36. The second kappa shape index (κ2) is 6.89. The van der Waals surface area contributed by atoms with Crippen molar-refractivity contribution in [1.82, 2.24) is 9.78 Å². The summed E-state index contributed by atoms with van der Waals surface area (Å²) in [7, 11) is 1.14. The molecule has 7 nitrogen and oxygen atoms in total. The van der Waals surface area contributed by atoms with Crippen molar-refractivity contribution in [2.75, 3.05) is 19.0 Å². The van der Waals surface area contributed by atoms with Gasteiger partial charge in [-0.3, -0.25) is 9.59 Å². The van der Waals surface area contributed by atoms with E-state index in [4.69, 9.17) is 5.11 Å². The lowest BCUT2D eigenvalue weighted by atomic mass is 10.3. The number of methoxy groups -OCH3 is 1. The van der Waals surface area contributed by atoms with Gasteiger partial charge in [-0.15, -0.1) is 0 Å². The first-order valence-corrected chi connectivity index (χ1v) is 6.27. The van der Waals surface area contributed by atoms with E-state index < -0.39 is 36.9 Å². The van der Waals surface area contributed by atoms with Crippen LogP contribution < -0.4 is 10.9 Å². The molecule has 1 heterocycles. The van der Waals surface area contributed by atoms with Gasteiger partial charge in [0.2, 0.25) is 0 Å². The molecule has 0 aliphatic carbocycles. The van der Waals surface area contributed by atoms with Crippen molar-refractivity contribution in [1.29, 1.82) is 0 Å². The van der Waals surface area contributed by atoms with Gasteiger partial charge in [0.15, 0.2) is 6.10 Å². The maximum atomic E-state index is 12.1. The van der Waals surface area contributed by atoms with Crippen LogP contribution in [-0.4, -0.2) is 46.8 Å². The highest BCUT2D eigenvalue weighted by Crippen LogP contribution is 2.22. The van der Waals surface area contributed by atoms with E-state index in [2.05, 4.69) is 31.1 Å². The topological polar surface area (TPSA) is 93.5 Å². The normalized spacial score (nSPS) is 12.9. The summed E-state index contributed by atoms with van der Waals surface area (Å²) in [5.74, 6) is -0.704. The Morgan fingerprint density at radius 1 is 1.62 bits per heavy atom. The van der Waals surface area contributed by atoms with Crippen LogP contribution in [-0.2, 0) is 16.1 Å². The Kier molecular flexibility index (Phi) is 5.72. The quantitative estimate of drug-likeness (QED) is 0.730. The molecule has 0 saturated carbocycles. The number of rotatable bonds is 5. The molecule has 1 aromatic heterocycles. The third kappa shape index (κ3) is 4.70. The first kappa shape index (κ1) is 17.4. The molecule has 0 bridgehead atoms. The number of alkyl halides is 3. The van der Waals surface area contributed by atoms with Crippen LogP contribution >= 0.6 is 15.9 Å². The zero-order chi connectivity index (χ0) is 16.2. The van der Waals surface area contributed by atoms with Crippen molar-refractivity contribution in [3.05, 3.63) is 21.0 Å². The van der Waals surface area contributed by atoms with Gasteiger partial charge in [-0.2, -0.15) is 18.3 Å². The molecule has 0 saturated heterocycles. The smallest absolute Gasteiger partial charge is 0.416 e. The molecule has 1 rings (SSSR count). The van der Waals surface area contributed by atoms with Gasteiger partial charge >= 0.3 is 12.1 Å². The molecule has 1 unspecified atom stereocenters. The summed E-state index contributed by atoms with van der Waals surface area (Å²) < 4.78 is 41.5. The summed E-state index contributed by atoms with van der Waals surface area (Å²) >= 11 is 2.89. The van der Waals surface area contributed by atoms with E-state index in [1.165, 1.54) is 0 Å². The average Bonchev–Trinajstić information content (AvgIpc) is 2.41. The van der Waals surface area contributed by atoms with Crippen LogP contribution in [0.5, 0.6) is 0 Å². The Bertz CT molecular complexity index is 576. The van der Waals surface area contributed by atoms with Crippen LogP contribution in [0.2, 0.25) is 0 Å². The van der Waals surface area contributed by atoms with E-state index in [0.29, 0.717) is 0 Å². The molecule has 0 fully saturated rings. The SMILES string of the molecule is COC(=O)Cn1ncc(NCC(O)C(F)(F)F)c(Br)c1=O. The number of aliphatic hydroxyl groups is 1. The van der Waals surface area contributed by atoms with Crippen molar-refractivity contribution >= 4 is 27.6 Å². The average molecular weight is 374 g/mol. The number of aliphatic hydroxyl groups excluding tert-OH is 1. The van der Waals surface area contributed by atoms with Gasteiger partial charge in [-0.25, -0.2) is 4.68 Å². The zero-order valence-corrected chi connectivity index (χ0v) is 12.2. The molecule has 0 aliphatic rings. The zero-order valence-electron chi connectivity index (χ0n) is 10.6. The second-order valence-electron chi connectivity index (χ2n) is 3.85. The maximum absolute atomic E-state index is 12.1. The molecule has 21 heavy (non-hydrogen) atoms. The first-order chi connectivity index (χ1) is 9.66. The molecule has 0 spiro atoms. The molecule has 0 aliphatic heterocycles. The molecule has 11 heteroatoms. The lowest BCUT2D eigenvalue weighted by Gasteiger charge is -2.16. The Labute approximate surface area is 124 Å². The fourth-order valence-corrected chi connectivity index (χ4v) is 1.66. The van der Waals surface area contributed by atoms with Crippen LogP contribution in [0, 0.1) is 0 Å². The minimum absolute atomic E-state index is 0.0376. The number of halogens is 4. The van der Waals surface area contributed by atoms with Gasteiger partial charge in [0, 0.05) is 6.54 Å². The predicted molar refractivity (Wildman–Crippen MR) is 68.8 cm³/mol. The highest BCUT2D eigenvalue weighted by atomic mass is 79.9. The van der Waals surface area contributed by atoms with E-state index >= 15 is 0 Å². The Morgan fingerprint density at radius 3 is 2.76 bits per heavy atom. The Balaban J connectivity index is 2.85. The largest absolute Gasteiger partial charge is 0.468 e. The number of aromatic nitrogens is 2. The molecule has 0 radical (unpaired) electrons. The van der Waals surface area contributed by atoms with Crippen molar-refractivity contribution in [2.24, 2.45) is 0 Å². The number of nitrogens with zero attached hydrogens (tertiary/aromatic N) is 2. The predicted octanol–water partition coefficient (Wildman–Crippen LogP) is 0.514. The first-order valence-electron chi connectivity index (χ1n) is 5.48. The van der Waals surface area contributed by atoms with Gasteiger partial charge in [0.05, 0.1) is 19.0 Å². The van der Waals surface area contributed by atoms with Crippen molar-refractivity contribution in [2.45, 2.75) is 18.8 Å². The highest BCUT2D eigenvalue weighted by Gasteiger charge is 2.37. The van der Waals surface area contributed by atoms with Gasteiger partial charge in [0.25, 0.3) is 5.56 Å². The summed E-state index contributed by atoms with van der Waals surface area (Å²) in [6.07, 6.45) is -6.30. The van der Waals surface area contributed by atoms with Crippen molar-refractivity contribution in [3.8, 4) is 0 Å². The lowest BCUT2D eigenvalue weighted by Crippen LogP contribution is -2.35.